The lowest BCUT2D eigenvalue weighted by Gasteiger charge is -2.10. The summed E-state index contributed by atoms with van der Waals surface area (Å²) < 4.78 is 31.1. The van der Waals surface area contributed by atoms with E-state index < -0.39 is 24.2 Å². The van der Waals surface area contributed by atoms with Crippen LogP contribution in [0.5, 0.6) is 0 Å². The number of benzene rings is 2. The van der Waals surface area contributed by atoms with Crippen molar-refractivity contribution in [2.24, 2.45) is 0 Å². The number of thioether (sulfide) groups is 1. The minimum Gasteiger partial charge on any atom is -0.456 e. The fourth-order valence-electron chi connectivity index (χ4n) is 2.67. The number of halogens is 2. The second-order valence-electron chi connectivity index (χ2n) is 6.11. The summed E-state index contributed by atoms with van der Waals surface area (Å²) in [5.74, 6) is -3.67. The van der Waals surface area contributed by atoms with E-state index in [1.54, 1.807) is 24.3 Å². The molecular formula is C20H17F2N3O4S. The molecule has 0 bridgehead atoms. The van der Waals surface area contributed by atoms with Crippen LogP contribution in [-0.2, 0) is 20.9 Å². The van der Waals surface area contributed by atoms with Crippen LogP contribution in [0.3, 0.4) is 0 Å². The van der Waals surface area contributed by atoms with E-state index in [9.17, 15) is 23.2 Å². The highest BCUT2D eigenvalue weighted by Gasteiger charge is 2.11. The third kappa shape index (κ3) is 5.86. The Bertz CT molecular complexity index is 1100. The number of aromatic nitrogens is 2. The summed E-state index contributed by atoms with van der Waals surface area (Å²) in [6.45, 7) is -0.296. The Hall–Kier alpha value is -3.27. The summed E-state index contributed by atoms with van der Waals surface area (Å²) in [5.41, 5.74) is 0.796. The van der Waals surface area contributed by atoms with E-state index in [2.05, 4.69) is 10.4 Å². The van der Waals surface area contributed by atoms with E-state index in [0.717, 1.165) is 0 Å². The topological polar surface area (TPSA) is 90.3 Å². The normalized spacial score (nSPS) is 10.9. The zero-order chi connectivity index (χ0) is 21.5. The highest BCUT2D eigenvalue weighted by Crippen LogP contribution is 2.26. The number of carbonyl (C=O) groups is 2. The number of anilines is 1. The maximum atomic E-state index is 12.3. The molecule has 10 heteroatoms. The number of carbonyl (C=O) groups excluding carboxylic acids is 2. The van der Waals surface area contributed by atoms with Crippen molar-refractivity contribution >= 4 is 40.2 Å². The second kappa shape index (κ2) is 9.97. The van der Waals surface area contributed by atoms with Gasteiger partial charge in [-0.1, -0.05) is 23.9 Å². The molecule has 0 saturated heterocycles. The highest BCUT2D eigenvalue weighted by molar-refractivity contribution is 7.99. The number of nitrogens with one attached hydrogen (secondary N) is 1. The smallest absolute Gasteiger partial charge is 0.308 e. The number of ether oxygens (including phenoxy) is 1. The number of aryl methyl sites for hydroxylation is 1. The van der Waals surface area contributed by atoms with Crippen LogP contribution in [0, 0.1) is 0 Å². The lowest BCUT2D eigenvalue weighted by Crippen LogP contribution is -2.22. The summed E-state index contributed by atoms with van der Waals surface area (Å²) in [7, 11) is 0. The third-order valence-corrected chi connectivity index (χ3v) is 4.74. The largest absolute Gasteiger partial charge is 0.456 e. The van der Waals surface area contributed by atoms with E-state index in [0.29, 0.717) is 33.2 Å². The van der Waals surface area contributed by atoms with Gasteiger partial charge in [0.05, 0.1) is 24.7 Å². The number of rotatable bonds is 8. The third-order valence-electron chi connectivity index (χ3n) is 4.02. The van der Waals surface area contributed by atoms with E-state index in [1.807, 2.05) is 0 Å². The summed E-state index contributed by atoms with van der Waals surface area (Å²) in [4.78, 5) is 36.0. The molecule has 3 rings (SSSR count). The maximum Gasteiger partial charge on any atom is 0.308 e. The van der Waals surface area contributed by atoms with Gasteiger partial charge in [-0.2, -0.15) is 13.9 Å². The van der Waals surface area contributed by atoms with Crippen LogP contribution in [0.15, 0.2) is 64.4 Å². The lowest BCUT2D eigenvalue weighted by molar-refractivity contribution is -0.147. The van der Waals surface area contributed by atoms with Crippen LogP contribution in [0.25, 0.3) is 10.9 Å². The quantitative estimate of drug-likeness (QED) is 0.433. The molecule has 0 saturated carbocycles. The van der Waals surface area contributed by atoms with Gasteiger partial charge in [-0.25, -0.2) is 0 Å². The van der Waals surface area contributed by atoms with Crippen LogP contribution in [0.4, 0.5) is 14.5 Å². The number of nitrogens with zero attached hydrogens (tertiary/aromatic N) is 2. The van der Waals surface area contributed by atoms with Crippen molar-refractivity contribution in [2.75, 3.05) is 11.9 Å². The van der Waals surface area contributed by atoms with Gasteiger partial charge in [0.25, 0.3) is 11.7 Å². The fourth-order valence-corrected chi connectivity index (χ4v) is 3.17. The average molecular weight is 433 g/mol. The van der Waals surface area contributed by atoms with Crippen molar-refractivity contribution in [3.05, 3.63) is 65.0 Å². The number of fused-ring (bicyclic) bond motifs is 1. The molecule has 0 fully saturated rings. The average Bonchev–Trinajstić information content (AvgIpc) is 2.73. The SMILES string of the molecule is O=C(COC(=O)CCn1ncc(=O)c2ccccc21)Nc1ccc(SC(F)F)cc1. The molecule has 156 valence electrons. The van der Waals surface area contributed by atoms with Gasteiger partial charge in [0.15, 0.2) is 6.61 Å². The van der Waals surface area contributed by atoms with Crippen LogP contribution >= 0.6 is 11.8 Å². The summed E-state index contributed by atoms with van der Waals surface area (Å²) >= 11 is 0.405. The number of para-hydroxylation sites is 1. The Morgan fingerprint density at radius 3 is 2.60 bits per heavy atom. The predicted octanol–water partition coefficient (Wildman–Crippen LogP) is 3.28. The first kappa shape index (κ1) is 21.4. The number of esters is 1. The van der Waals surface area contributed by atoms with E-state index in [4.69, 9.17) is 4.74 Å². The molecule has 1 aromatic heterocycles. The summed E-state index contributed by atoms with van der Waals surface area (Å²) in [6, 6.07) is 12.8. The first-order valence-corrected chi connectivity index (χ1v) is 9.75. The van der Waals surface area contributed by atoms with Gasteiger partial charge >= 0.3 is 5.97 Å². The van der Waals surface area contributed by atoms with Crippen molar-refractivity contribution in [3.63, 3.8) is 0 Å². The van der Waals surface area contributed by atoms with E-state index in [-0.39, 0.29) is 18.4 Å². The Morgan fingerprint density at radius 2 is 1.87 bits per heavy atom. The second-order valence-corrected chi connectivity index (χ2v) is 7.17. The number of hydrogen-bond acceptors (Lipinski definition) is 6. The molecule has 1 amide bonds. The predicted molar refractivity (Wildman–Crippen MR) is 109 cm³/mol. The van der Waals surface area contributed by atoms with Gasteiger partial charge in [-0.05, 0) is 36.4 Å². The molecule has 0 aliphatic rings. The van der Waals surface area contributed by atoms with Gasteiger partial charge in [-0.3, -0.25) is 19.1 Å². The Morgan fingerprint density at radius 1 is 1.13 bits per heavy atom. The molecule has 3 aromatic rings. The lowest BCUT2D eigenvalue weighted by atomic mass is 10.2. The minimum absolute atomic E-state index is 0.0350. The van der Waals surface area contributed by atoms with Crippen LogP contribution in [0.2, 0.25) is 0 Å². The zero-order valence-electron chi connectivity index (χ0n) is 15.6. The Labute approximate surface area is 174 Å². The highest BCUT2D eigenvalue weighted by atomic mass is 32.2. The molecule has 1 heterocycles. The molecule has 0 aliphatic heterocycles. The summed E-state index contributed by atoms with van der Waals surface area (Å²) in [6.07, 6.45) is 1.15. The van der Waals surface area contributed by atoms with Crippen molar-refractivity contribution in [1.29, 1.82) is 0 Å². The molecule has 0 unspecified atom stereocenters. The minimum atomic E-state index is -2.52. The monoisotopic (exact) mass is 433 g/mol. The Balaban J connectivity index is 1.47. The first-order valence-electron chi connectivity index (χ1n) is 8.87. The summed E-state index contributed by atoms with van der Waals surface area (Å²) in [5, 5.41) is 7.04. The van der Waals surface area contributed by atoms with Gasteiger partial charge in [0, 0.05) is 16.0 Å². The molecule has 0 atom stereocenters. The molecule has 1 N–H and O–H groups in total. The standard InChI is InChI=1S/C20H17F2N3O4S/c21-20(22)30-14-7-5-13(6-8-14)24-18(27)12-29-19(28)9-10-25-16-4-2-1-3-15(16)17(26)11-23-25/h1-8,11,20H,9-10,12H2,(H,24,27). The van der Waals surface area contributed by atoms with E-state index in [1.165, 1.54) is 35.1 Å². The molecule has 2 aromatic carbocycles. The van der Waals surface area contributed by atoms with Crippen LogP contribution in [-0.4, -0.2) is 34.0 Å². The van der Waals surface area contributed by atoms with Crippen LogP contribution < -0.4 is 10.7 Å². The molecule has 0 radical (unpaired) electrons. The van der Waals surface area contributed by atoms with Crippen molar-refractivity contribution in [2.45, 2.75) is 23.6 Å². The number of amides is 1. The van der Waals surface area contributed by atoms with Gasteiger partial charge in [0.1, 0.15) is 0 Å². The van der Waals surface area contributed by atoms with Crippen molar-refractivity contribution in [3.8, 4) is 0 Å². The van der Waals surface area contributed by atoms with Gasteiger partial charge in [-0.15, -0.1) is 0 Å². The molecule has 7 nitrogen and oxygen atoms in total. The maximum absolute atomic E-state index is 12.3. The number of alkyl halides is 2. The van der Waals surface area contributed by atoms with Gasteiger partial charge in [0.2, 0.25) is 5.43 Å². The van der Waals surface area contributed by atoms with Crippen molar-refractivity contribution < 1.29 is 23.1 Å². The first-order chi connectivity index (χ1) is 14.4. The van der Waals surface area contributed by atoms with Crippen molar-refractivity contribution in [1.82, 2.24) is 9.78 Å². The van der Waals surface area contributed by atoms with Gasteiger partial charge < -0.3 is 10.1 Å². The molecular weight excluding hydrogens is 416 g/mol. The molecule has 30 heavy (non-hydrogen) atoms. The zero-order valence-corrected chi connectivity index (χ0v) is 16.4. The molecule has 0 spiro atoms. The Kier molecular flexibility index (Phi) is 7.12. The van der Waals surface area contributed by atoms with E-state index >= 15 is 0 Å². The number of hydrogen-bond donors (Lipinski definition) is 1. The fraction of sp³-hybridized carbons (Fsp3) is 0.200. The molecule has 0 aliphatic carbocycles. The van der Waals surface area contributed by atoms with Crippen LogP contribution in [0.1, 0.15) is 6.42 Å².